The summed E-state index contributed by atoms with van der Waals surface area (Å²) in [5.74, 6) is 0.00575. The normalized spacial score (nSPS) is 9.75. The summed E-state index contributed by atoms with van der Waals surface area (Å²) < 4.78 is 0. The fourth-order valence-corrected chi connectivity index (χ4v) is 2.33. The SMILES string of the molecule is C=Cc1cc(C(C)=O)cnc1C=C.Cc1ccc2ccccc2c1. The minimum absolute atomic E-state index is 0.00575. The van der Waals surface area contributed by atoms with E-state index in [9.17, 15) is 4.79 Å². The van der Waals surface area contributed by atoms with Crippen LogP contribution in [-0.2, 0) is 0 Å². The number of aromatic nitrogens is 1. The smallest absolute Gasteiger partial charge is 0.161 e. The molecule has 0 aliphatic rings. The van der Waals surface area contributed by atoms with Crippen molar-refractivity contribution in [2.75, 3.05) is 0 Å². The first-order valence-corrected chi connectivity index (χ1v) is 7.76. The molecule has 120 valence electrons. The Bertz CT molecular complexity index is 893. The lowest BCUT2D eigenvalue weighted by molar-refractivity contribution is 0.101. The zero-order valence-corrected chi connectivity index (χ0v) is 14.1. The highest BCUT2D eigenvalue weighted by molar-refractivity contribution is 5.94. The van der Waals surface area contributed by atoms with Crippen LogP contribution in [0.5, 0.6) is 0 Å². The van der Waals surface area contributed by atoms with Gasteiger partial charge in [0.25, 0.3) is 0 Å². The van der Waals surface area contributed by atoms with Crippen molar-refractivity contribution in [1.82, 2.24) is 4.98 Å². The number of benzene rings is 2. The van der Waals surface area contributed by atoms with E-state index in [1.54, 1.807) is 24.4 Å². The molecule has 0 atom stereocenters. The van der Waals surface area contributed by atoms with Crippen molar-refractivity contribution in [2.24, 2.45) is 0 Å². The van der Waals surface area contributed by atoms with Gasteiger partial charge in [0.05, 0.1) is 5.69 Å². The predicted molar refractivity (Wildman–Crippen MR) is 103 cm³/mol. The molecular weight excluding hydrogens is 294 g/mol. The molecule has 24 heavy (non-hydrogen) atoms. The molecule has 1 aromatic heterocycles. The number of aryl methyl sites for hydroxylation is 1. The van der Waals surface area contributed by atoms with Crippen LogP contribution >= 0.6 is 0 Å². The van der Waals surface area contributed by atoms with E-state index in [0.717, 1.165) is 11.3 Å². The molecule has 2 aromatic carbocycles. The van der Waals surface area contributed by atoms with Crippen LogP contribution in [0.25, 0.3) is 22.9 Å². The summed E-state index contributed by atoms with van der Waals surface area (Å²) in [6, 6.07) is 16.7. The van der Waals surface area contributed by atoms with Crippen molar-refractivity contribution in [3.8, 4) is 0 Å². The van der Waals surface area contributed by atoms with Crippen molar-refractivity contribution < 1.29 is 4.79 Å². The lowest BCUT2D eigenvalue weighted by atomic mass is 10.1. The molecule has 0 aliphatic heterocycles. The second-order valence-corrected chi connectivity index (χ2v) is 5.51. The molecule has 3 rings (SSSR count). The minimum Gasteiger partial charge on any atom is -0.294 e. The average molecular weight is 315 g/mol. The van der Waals surface area contributed by atoms with Gasteiger partial charge < -0.3 is 0 Å². The van der Waals surface area contributed by atoms with Gasteiger partial charge in [0, 0.05) is 17.3 Å². The van der Waals surface area contributed by atoms with Crippen LogP contribution in [0.15, 0.2) is 67.9 Å². The van der Waals surface area contributed by atoms with Gasteiger partial charge in [-0.2, -0.15) is 0 Å². The third-order valence-electron chi connectivity index (χ3n) is 3.67. The summed E-state index contributed by atoms with van der Waals surface area (Å²) in [5, 5.41) is 2.64. The van der Waals surface area contributed by atoms with Crippen LogP contribution in [0.2, 0.25) is 0 Å². The van der Waals surface area contributed by atoms with Crippen LogP contribution in [0.4, 0.5) is 0 Å². The monoisotopic (exact) mass is 315 g/mol. The zero-order chi connectivity index (χ0) is 17.5. The summed E-state index contributed by atoms with van der Waals surface area (Å²) in [6.45, 7) is 10.9. The molecule has 0 spiro atoms. The lowest BCUT2D eigenvalue weighted by Gasteiger charge is -2.01. The van der Waals surface area contributed by atoms with Gasteiger partial charge in [-0.1, -0.05) is 67.3 Å². The van der Waals surface area contributed by atoms with Crippen molar-refractivity contribution in [1.29, 1.82) is 0 Å². The molecule has 0 fully saturated rings. The number of fused-ring (bicyclic) bond motifs is 1. The predicted octanol–water partition coefficient (Wildman–Crippen LogP) is 5.72. The van der Waals surface area contributed by atoms with E-state index in [-0.39, 0.29) is 5.78 Å². The topological polar surface area (TPSA) is 30.0 Å². The van der Waals surface area contributed by atoms with Crippen LogP contribution in [0.3, 0.4) is 0 Å². The second kappa shape index (κ2) is 8.02. The van der Waals surface area contributed by atoms with E-state index in [2.05, 4.69) is 67.5 Å². The maximum Gasteiger partial charge on any atom is 0.161 e. The Balaban J connectivity index is 0.000000175. The van der Waals surface area contributed by atoms with Crippen LogP contribution in [0, 0.1) is 6.92 Å². The molecule has 0 saturated carbocycles. The first kappa shape index (κ1) is 17.4. The first-order chi connectivity index (χ1) is 11.5. The molecule has 0 aliphatic carbocycles. The van der Waals surface area contributed by atoms with Crippen molar-refractivity contribution >= 4 is 28.7 Å². The Labute approximate surface area is 143 Å². The van der Waals surface area contributed by atoms with E-state index in [1.165, 1.54) is 23.3 Å². The Kier molecular flexibility index (Phi) is 5.80. The van der Waals surface area contributed by atoms with Gasteiger partial charge in [0.15, 0.2) is 5.78 Å². The van der Waals surface area contributed by atoms with E-state index < -0.39 is 0 Å². The van der Waals surface area contributed by atoms with Gasteiger partial charge in [-0.3, -0.25) is 9.78 Å². The summed E-state index contributed by atoms with van der Waals surface area (Å²) in [4.78, 5) is 15.1. The molecule has 0 N–H and O–H groups in total. The zero-order valence-electron chi connectivity index (χ0n) is 14.1. The third kappa shape index (κ3) is 4.26. The van der Waals surface area contributed by atoms with Gasteiger partial charge in [-0.05, 0) is 36.8 Å². The van der Waals surface area contributed by atoms with Crippen LogP contribution in [0.1, 0.15) is 34.1 Å². The number of carbonyl (C=O) groups is 1. The third-order valence-corrected chi connectivity index (χ3v) is 3.67. The maximum absolute atomic E-state index is 11.0. The Morgan fingerprint density at radius 3 is 2.33 bits per heavy atom. The summed E-state index contributed by atoms with van der Waals surface area (Å²) in [7, 11) is 0. The molecule has 3 aromatic rings. The molecular formula is C22H21NO. The summed E-state index contributed by atoms with van der Waals surface area (Å²) >= 11 is 0. The second-order valence-electron chi connectivity index (χ2n) is 5.51. The van der Waals surface area contributed by atoms with Gasteiger partial charge in [0.1, 0.15) is 0 Å². The van der Waals surface area contributed by atoms with Gasteiger partial charge in [-0.15, -0.1) is 0 Å². The Morgan fingerprint density at radius 1 is 1.00 bits per heavy atom. The quantitative estimate of drug-likeness (QED) is 0.579. The number of hydrogen-bond acceptors (Lipinski definition) is 2. The number of rotatable bonds is 3. The Morgan fingerprint density at radius 2 is 1.71 bits per heavy atom. The number of Topliss-reactive ketones (excluding diaryl/α,β-unsaturated/α-hetero) is 1. The molecule has 2 heteroatoms. The van der Waals surface area contributed by atoms with Crippen LogP contribution < -0.4 is 0 Å². The molecule has 1 heterocycles. The lowest BCUT2D eigenvalue weighted by Crippen LogP contribution is -1.96. The number of carbonyl (C=O) groups excluding carboxylic acids is 1. The number of hydrogen-bond donors (Lipinski definition) is 0. The minimum atomic E-state index is 0.00575. The average Bonchev–Trinajstić information content (AvgIpc) is 2.61. The van der Waals surface area contributed by atoms with E-state index >= 15 is 0 Å². The fraction of sp³-hybridized carbons (Fsp3) is 0.0909. The molecule has 0 radical (unpaired) electrons. The van der Waals surface area contributed by atoms with E-state index in [1.807, 2.05) is 0 Å². The van der Waals surface area contributed by atoms with Gasteiger partial charge in [-0.25, -0.2) is 0 Å². The van der Waals surface area contributed by atoms with Crippen molar-refractivity contribution in [3.63, 3.8) is 0 Å². The summed E-state index contributed by atoms with van der Waals surface area (Å²) in [6.07, 6.45) is 4.85. The molecule has 2 nitrogen and oxygen atoms in total. The maximum atomic E-state index is 11.0. The largest absolute Gasteiger partial charge is 0.294 e. The molecule has 0 amide bonds. The van der Waals surface area contributed by atoms with Crippen LogP contribution in [-0.4, -0.2) is 10.8 Å². The van der Waals surface area contributed by atoms with Crippen molar-refractivity contribution in [3.05, 3.63) is 90.3 Å². The highest BCUT2D eigenvalue weighted by Crippen LogP contribution is 2.14. The highest BCUT2D eigenvalue weighted by Gasteiger charge is 2.02. The molecule has 0 bridgehead atoms. The van der Waals surface area contributed by atoms with E-state index in [4.69, 9.17) is 0 Å². The molecule has 0 saturated heterocycles. The van der Waals surface area contributed by atoms with Crippen molar-refractivity contribution in [2.45, 2.75) is 13.8 Å². The van der Waals surface area contributed by atoms with Gasteiger partial charge >= 0.3 is 0 Å². The standard InChI is InChI=1S/C11H11NO.C11H10/c1-4-9-6-10(8(3)13)7-12-11(9)5-2;1-9-6-7-10-4-2-3-5-11(10)8-9/h4-7H,1-2H2,3H3;2-8H,1H3. The van der Waals surface area contributed by atoms with Gasteiger partial charge in [0.2, 0.25) is 0 Å². The van der Waals surface area contributed by atoms with E-state index in [0.29, 0.717) is 5.56 Å². The summed E-state index contributed by atoms with van der Waals surface area (Å²) in [5.41, 5.74) is 3.51. The Hall–Kier alpha value is -3.00. The number of ketones is 1. The fourth-order valence-electron chi connectivity index (χ4n) is 2.33. The first-order valence-electron chi connectivity index (χ1n) is 7.76. The highest BCUT2D eigenvalue weighted by atomic mass is 16.1. The number of nitrogens with zero attached hydrogens (tertiary/aromatic N) is 1. The molecule has 0 unspecified atom stereocenters. The number of pyridine rings is 1.